The minimum Gasteiger partial charge on any atom is -0.493 e. The van der Waals surface area contributed by atoms with E-state index >= 15 is 0 Å². The van der Waals surface area contributed by atoms with Crippen LogP contribution >= 0.6 is 27.7 Å². The Morgan fingerprint density at radius 2 is 1.76 bits per heavy atom. The molecule has 10 heteroatoms. The van der Waals surface area contributed by atoms with Gasteiger partial charge in [-0.2, -0.15) is 15.1 Å². The van der Waals surface area contributed by atoms with Crippen molar-refractivity contribution in [1.29, 1.82) is 5.41 Å². The topological polar surface area (TPSA) is 96.6 Å². The van der Waals surface area contributed by atoms with Crippen LogP contribution in [0.3, 0.4) is 0 Å². The van der Waals surface area contributed by atoms with Gasteiger partial charge in [0.15, 0.2) is 17.3 Å². The molecule has 2 aromatic carbocycles. The van der Waals surface area contributed by atoms with Crippen LogP contribution in [0.5, 0.6) is 17.2 Å². The van der Waals surface area contributed by atoms with E-state index in [1.165, 1.54) is 41.6 Å². The summed E-state index contributed by atoms with van der Waals surface area (Å²) >= 11 is 4.95. The molecule has 2 heterocycles. The summed E-state index contributed by atoms with van der Waals surface area (Å²) in [5.74, 6) is 1.36. The molecule has 2 aromatic rings. The van der Waals surface area contributed by atoms with Crippen LogP contribution in [0.25, 0.3) is 6.08 Å². The summed E-state index contributed by atoms with van der Waals surface area (Å²) in [4.78, 5) is 17.1. The number of thioether (sulfide) groups is 1. The lowest BCUT2D eigenvalue weighted by atomic mass is 9.87. The van der Waals surface area contributed by atoms with E-state index < -0.39 is 5.91 Å². The second-order valence-electron chi connectivity index (χ2n) is 11.2. The summed E-state index contributed by atoms with van der Waals surface area (Å²) in [7, 11) is 1.56. The molecule has 1 N–H and O–H groups in total. The van der Waals surface area contributed by atoms with Crippen molar-refractivity contribution in [3.8, 4) is 17.2 Å². The molecule has 8 nitrogen and oxygen atoms in total. The molecule has 224 valence electrons. The van der Waals surface area contributed by atoms with Crippen LogP contribution in [-0.2, 0) is 10.2 Å². The molecule has 42 heavy (non-hydrogen) atoms. The van der Waals surface area contributed by atoms with Crippen LogP contribution in [0.4, 0.5) is 0 Å². The standard InChI is InChI=1S/C32H39BrN4O4S/c1-6-7-8-9-10-11-27-36-37-29(34)24(30(38)35-31(37)42-27)18-21-19-25(33)28(26(20-21)39-5)41-17-16-40-23-14-12-22(13-15-23)32(2,3)4/h12-15,18-20,34H,6-11,16-17H2,1-5H3/b24-18-,34-29?. The molecule has 0 aliphatic carbocycles. The summed E-state index contributed by atoms with van der Waals surface area (Å²) in [6.07, 6.45) is 8.30. The van der Waals surface area contributed by atoms with Gasteiger partial charge in [0, 0.05) is 0 Å². The second-order valence-corrected chi connectivity index (χ2v) is 13.1. The molecule has 2 aliphatic rings. The van der Waals surface area contributed by atoms with Gasteiger partial charge in [-0.25, -0.2) is 0 Å². The molecule has 0 radical (unpaired) electrons. The first-order chi connectivity index (χ1) is 20.1. The van der Waals surface area contributed by atoms with Crippen LogP contribution in [0.15, 0.2) is 56.5 Å². The molecule has 0 bridgehead atoms. The fourth-order valence-electron chi connectivity index (χ4n) is 4.50. The second kappa shape index (κ2) is 14.4. The predicted molar refractivity (Wildman–Crippen MR) is 175 cm³/mol. The van der Waals surface area contributed by atoms with Gasteiger partial charge in [-0.15, -0.1) is 0 Å². The van der Waals surface area contributed by atoms with Crippen LogP contribution in [0.2, 0.25) is 0 Å². The SMILES string of the molecule is CCCCCCCC1=NN2C(=N)/C(=C/c3cc(Br)c(OCCOc4ccc(C(C)(C)C)cc4)c(OC)c3)C(=O)N=C2S1. The highest BCUT2D eigenvalue weighted by molar-refractivity contribution is 9.10. The number of carbonyl (C=O) groups excluding carboxylic acids is 1. The van der Waals surface area contributed by atoms with Crippen molar-refractivity contribution in [3.05, 3.63) is 57.6 Å². The third kappa shape index (κ3) is 8.04. The molecule has 0 saturated heterocycles. The van der Waals surface area contributed by atoms with Crippen LogP contribution in [0, 0.1) is 5.41 Å². The average Bonchev–Trinajstić information content (AvgIpc) is 3.36. The maximum atomic E-state index is 12.9. The number of aliphatic imine (C=N–C) groups is 1. The Labute approximate surface area is 261 Å². The Morgan fingerprint density at radius 3 is 2.45 bits per heavy atom. The Hall–Kier alpha value is -3.11. The van der Waals surface area contributed by atoms with E-state index in [1.54, 1.807) is 19.3 Å². The summed E-state index contributed by atoms with van der Waals surface area (Å²) < 4.78 is 18.1. The maximum Gasteiger partial charge on any atom is 0.283 e. The van der Waals surface area contributed by atoms with E-state index in [4.69, 9.17) is 19.6 Å². The van der Waals surface area contributed by atoms with Crippen molar-refractivity contribution in [2.75, 3.05) is 20.3 Å². The Kier molecular flexibility index (Phi) is 10.9. The number of ether oxygens (including phenoxy) is 3. The molecule has 0 aromatic heterocycles. The number of hydrogen-bond donors (Lipinski definition) is 1. The van der Waals surface area contributed by atoms with Gasteiger partial charge in [0.25, 0.3) is 5.91 Å². The van der Waals surface area contributed by atoms with Crippen molar-refractivity contribution >= 4 is 55.7 Å². The van der Waals surface area contributed by atoms with E-state index in [2.05, 4.69) is 65.9 Å². The van der Waals surface area contributed by atoms with E-state index in [-0.39, 0.29) is 16.8 Å². The molecule has 0 unspecified atom stereocenters. The number of halogens is 1. The van der Waals surface area contributed by atoms with Crippen molar-refractivity contribution in [3.63, 3.8) is 0 Å². The zero-order valence-corrected chi connectivity index (χ0v) is 27.4. The fraction of sp³-hybridized carbons (Fsp3) is 0.438. The van der Waals surface area contributed by atoms with Crippen LogP contribution < -0.4 is 14.2 Å². The first-order valence-electron chi connectivity index (χ1n) is 14.3. The van der Waals surface area contributed by atoms with Crippen molar-refractivity contribution in [2.45, 2.75) is 71.6 Å². The number of rotatable bonds is 13. The zero-order valence-electron chi connectivity index (χ0n) is 25.0. The number of methoxy groups -OCH3 is 1. The highest BCUT2D eigenvalue weighted by Crippen LogP contribution is 2.38. The van der Waals surface area contributed by atoms with Crippen molar-refractivity contribution in [2.24, 2.45) is 10.1 Å². The van der Waals surface area contributed by atoms with Gasteiger partial charge in [-0.3, -0.25) is 10.2 Å². The van der Waals surface area contributed by atoms with Gasteiger partial charge >= 0.3 is 0 Å². The number of amidine groups is 2. The number of unbranched alkanes of at least 4 members (excludes halogenated alkanes) is 4. The number of amides is 1. The molecule has 1 amide bonds. The first-order valence-corrected chi connectivity index (χ1v) is 15.9. The van der Waals surface area contributed by atoms with Gasteiger partial charge in [0.05, 0.1) is 17.2 Å². The molecule has 0 spiro atoms. The van der Waals surface area contributed by atoms with E-state index in [9.17, 15) is 4.79 Å². The highest BCUT2D eigenvalue weighted by Gasteiger charge is 2.35. The summed E-state index contributed by atoms with van der Waals surface area (Å²) in [6.45, 7) is 9.40. The predicted octanol–water partition coefficient (Wildman–Crippen LogP) is 8.19. The van der Waals surface area contributed by atoms with Gasteiger partial charge < -0.3 is 14.2 Å². The van der Waals surface area contributed by atoms with Crippen LogP contribution in [-0.4, -0.2) is 47.3 Å². The molecule has 0 fully saturated rings. The van der Waals surface area contributed by atoms with Gasteiger partial charge in [-0.1, -0.05) is 65.5 Å². The third-order valence-corrected chi connectivity index (χ3v) is 8.43. The lowest BCUT2D eigenvalue weighted by Gasteiger charge is -2.20. The smallest absolute Gasteiger partial charge is 0.283 e. The lowest BCUT2D eigenvalue weighted by molar-refractivity contribution is -0.114. The largest absolute Gasteiger partial charge is 0.493 e. The molecule has 0 saturated carbocycles. The van der Waals surface area contributed by atoms with E-state index in [0.29, 0.717) is 39.9 Å². The van der Waals surface area contributed by atoms with Crippen molar-refractivity contribution in [1.82, 2.24) is 5.01 Å². The van der Waals surface area contributed by atoms with Crippen molar-refractivity contribution < 1.29 is 19.0 Å². The fourth-order valence-corrected chi connectivity index (χ4v) is 6.00. The molecular formula is C32H39BrN4O4S. The summed E-state index contributed by atoms with van der Waals surface area (Å²) in [5, 5.41) is 16.1. The first kappa shape index (κ1) is 31.8. The Bertz CT molecular complexity index is 1400. The van der Waals surface area contributed by atoms with E-state index in [1.807, 2.05) is 18.2 Å². The number of nitrogens with zero attached hydrogens (tertiary/aromatic N) is 3. The number of hydrazone groups is 1. The number of hydrogen-bond acceptors (Lipinski definition) is 7. The lowest BCUT2D eigenvalue weighted by Crippen LogP contribution is -2.35. The Balaban J connectivity index is 1.39. The molecular weight excluding hydrogens is 616 g/mol. The highest BCUT2D eigenvalue weighted by atomic mass is 79.9. The van der Waals surface area contributed by atoms with Gasteiger partial charge in [-0.05, 0) is 87.4 Å². The molecule has 2 aliphatic heterocycles. The number of nitrogens with one attached hydrogen (secondary N) is 1. The molecule has 0 atom stereocenters. The number of benzene rings is 2. The Morgan fingerprint density at radius 1 is 1.05 bits per heavy atom. The minimum absolute atomic E-state index is 0.0154. The molecule has 4 rings (SSSR count). The number of carbonyl (C=O) groups is 1. The van der Waals surface area contributed by atoms with Crippen LogP contribution in [0.1, 0.15) is 77.3 Å². The monoisotopic (exact) mass is 654 g/mol. The van der Waals surface area contributed by atoms with Gasteiger partial charge in [0.1, 0.15) is 24.0 Å². The summed E-state index contributed by atoms with van der Waals surface area (Å²) in [5.41, 5.74) is 2.17. The summed E-state index contributed by atoms with van der Waals surface area (Å²) in [6, 6.07) is 11.7. The van der Waals surface area contributed by atoms with E-state index in [0.717, 1.165) is 30.1 Å². The van der Waals surface area contributed by atoms with Gasteiger partial charge in [0.2, 0.25) is 5.17 Å². The zero-order chi connectivity index (χ0) is 30.3. The quantitative estimate of drug-likeness (QED) is 0.173. The number of fused-ring (bicyclic) bond motifs is 1. The maximum absolute atomic E-state index is 12.9. The average molecular weight is 656 g/mol. The third-order valence-electron chi connectivity index (χ3n) is 6.87. The minimum atomic E-state index is -0.457. The normalized spacial score (nSPS) is 16.0.